The second kappa shape index (κ2) is 9.97. The lowest BCUT2D eigenvalue weighted by molar-refractivity contribution is -0.144. The van der Waals surface area contributed by atoms with Crippen LogP contribution in [0, 0.1) is 5.92 Å². The van der Waals surface area contributed by atoms with E-state index in [2.05, 4.69) is 6.92 Å². The van der Waals surface area contributed by atoms with Crippen molar-refractivity contribution < 1.29 is 9.90 Å². The van der Waals surface area contributed by atoms with Gasteiger partial charge in [0, 0.05) is 0 Å². The Morgan fingerprint density at radius 2 is 1.80 bits per heavy atom. The minimum atomic E-state index is -0.703. The van der Waals surface area contributed by atoms with E-state index in [0.717, 1.165) is 19.4 Å². The standard InChI is InChI=1S/C10H21NO2.C2H6/c1-5-7-11(4)9(10(12)13)8(3)6-2;1-2/h8-9H,5-7H2,1-4H3,(H,12,13);1-2H3. The van der Waals surface area contributed by atoms with E-state index >= 15 is 0 Å². The zero-order valence-electron chi connectivity index (χ0n) is 11.1. The molecule has 92 valence electrons. The lowest BCUT2D eigenvalue weighted by Crippen LogP contribution is -2.43. The molecule has 0 radical (unpaired) electrons. The van der Waals surface area contributed by atoms with Gasteiger partial charge in [-0.3, -0.25) is 9.69 Å². The number of rotatable bonds is 6. The first-order valence-electron chi connectivity index (χ1n) is 5.97. The largest absolute Gasteiger partial charge is 0.480 e. The predicted molar refractivity (Wildman–Crippen MR) is 65.1 cm³/mol. The minimum Gasteiger partial charge on any atom is -0.480 e. The Hall–Kier alpha value is -0.570. The molecule has 0 aliphatic heterocycles. The monoisotopic (exact) mass is 217 g/mol. The number of carboxylic acid groups (broad SMARTS) is 1. The van der Waals surface area contributed by atoms with E-state index in [1.807, 2.05) is 39.6 Å². The first-order chi connectivity index (χ1) is 7.04. The lowest BCUT2D eigenvalue weighted by atomic mass is 9.98. The number of carboxylic acids is 1. The van der Waals surface area contributed by atoms with E-state index in [9.17, 15) is 4.79 Å². The molecule has 15 heavy (non-hydrogen) atoms. The number of carbonyl (C=O) groups is 1. The maximum atomic E-state index is 11.0. The zero-order chi connectivity index (χ0) is 12.4. The Balaban J connectivity index is 0. The van der Waals surface area contributed by atoms with Crippen LogP contribution in [0.15, 0.2) is 0 Å². The molecule has 0 saturated heterocycles. The molecule has 3 heteroatoms. The molecule has 0 aliphatic rings. The summed E-state index contributed by atoms with van der Waals surface area (Å²) in [6.45, 7) is 10.9. The number of likely N-dealkylation sites (N-methyl/N-ethyl adjacent to an activating group) is 1. The minimum absolute atomic E-state index is 0.217. The number of hydrogen-bond donors (Lipinski definition) is 1. The number of nitrogens with zero attached hydrogens (tertiary/aromatic N) is 1. The van der Waals surface area contributed by atoms with Crippen LogP contribution in [-0.4, -0.2) is 35.6 Å². The molecule has 3 nitrogen and oxygen atoms in total. The molecular weight excluding hydrogens is 190 g/mol. The maximum absolute atomic E-state index is 11.0. The number of hydrogen-bond acceptors (Lipinski definition) is 2. The van der Waals surface area contributed by atoms with E-state index in [1.54, 1.807) is 0 Å². The van der Waals surface area contributed by atoms with Gasteiger partial charge < -0.3 is 5.11 Å². The smallest absolute Gasteiger partial charge is 0.321 e. The normalized spacial score (nSPS) is 14.1. The molecule has 0 bridgehead atoms. The summed E-state index contributed by atoms with van der Waals surface area (Å²) in [7, 11) is 1.88. The van der Waals surface area contributed by atoms with Crippen LogP contribution in [0.1, 0.15) is 47.5 Å². The fraction of sp³-hybridized carbons (Fsp3) is 0.917. The predicted octanol–water partition coefficient (Wildman–Crippen LogP) is 2.85. The topological polar surface area (TPSA) is 40.5 Å². The fourth-order valence-corrected chi connectivity index (χ4v) is 1.58. The van der Waals surface area contributed by atoms with Gasteiger partial charge >= 0.3 is 5.97 Å². The van der Waals surface area contributed by atoms with Gasteiger partial charge in [-0.2, -0.15) is 0 Å². The SMILES string of the molecule is CC.CCCN(C)C(C(=O)O)C(C)CC. The van der Waals surface area contributed by atoms with Crippen LogP contribution in [0.4, 0.5) is 0 Å². The van der Waals surface area contributed by atoms with Crippen LogP contribution < -0.4 is 0 Å². The molecule has 1 N–H and O–H groups in total. The molecule has 0 fully saturated rings. The summed E-state index contributed by atoms with van der Waals surface area (Å²) in [5.74, 6) is -0.487. The van der Waals surface area contributed by atoms with E-state index in [0.29, 0.717) is 0 Å². The van der Waals surface area contributed by atoms with Crippen molar-refractivity contribution in [2.45, 2.75) is 53.5 Å². The Morgan fingerprint density at radius 1 is 1.33 bits per heavy atom. The van der Waals surface area contributed by atoms with E-state index in [-0.39, 0.29) is 12.0 Å². The van der Waals surface area contributed by atoms with Crippen LogP contribution in [0.3, 0.4) is 0 Å². The van der Waals surface area contributed by atoms with Crippen LogP contribution in [0.2, 0.25) is 0 Å². The Labute approximate surface area is 94.5 Å². The van der Waals surface area contributed by atoms with E-state index in [4.69, 9.17) is 5.11 Å². The third-order valence-electron chi connectivity index (χ3n) is 2.49. The molecule has 0 saturated carbocycles. The summed E-state index contributed by atoms with van der Waals surface area (Å²) in [4.78, 5) is 12.9. The average Bonchev–Trinajstić information content (AvgIpc) is 2.20. The highest BCUT2D eigenvalue weighted by Crippen LogP contribution is 2.13. The van der Waals surface area contributed by atoms with Crippen molar-refractivity contribution in [1.82, 2.24) is 4.90 Å². The molecule has 2 atom stereocenters. The van der Waals surface area contributed by atoms with Gasteiger partial charge in [-0.1, -0.05) is 41.0 Å². The molecule has 0 aromatic heterocycles. The fourth-order valence-electron chi connectivity index (χ4n) is 1.58. The molecule has 0 amide bonds. The summed E-state index contributed by atoms with van der Waals surface area (Å²) >= 11 is 0. The van der Waals surface area contributed by atoms with Gasteiger partial charge in [0.1, 0.15) is 6.04 Å². The molecule has 0 rings (SSSR count). The third-order valence-corrected chi connectivity index (χ3v) is 2.49. The quantitative estimate of drug-likeness (QED) is 0.743. The summed E-state index contributed by atoms with van der Waals surface area (Å²) in [6.07, 6.45) is 1.90. The molecule has 0 heterocycles. The first kappa shape index (κ1) is 16.8. The second-order valence-electron chi connectivity index (χ2n) is 3.65. The molecule has 0 aromatic rings. The molecule has 2 unspecified atom stereocenters. The highest BCUT2D eigenvalue weighted by atomic mass is 16.4. The van der Waals surface area contributed by atoms with Gasteiger partial charge in [0.25, 0.3) is 0 Å². The summed E-state index contributed by atoms with van der Waals surface area (Å²) in [5.41, 5.74) is 0. The summed E-state index contributed by atoms with van der Waals surface area (Å²) in [5, 5.41) is 9.03. The van der Waals surface area contributed by atoms with Gasteiger partial charge in [-0.25, -0.2) is 0 Å². The van der Waals surface area contributed by atoms with Crippen molar-refractivity contribution in [3.63, 3.8) is 0 Å². The van der Waals surface area contributed by atoms with Gasteiger partial charge in [0.15, 0.2) is 0 Å². The second-order valence-corrected chi connectivity index (χ2v) is 3.65. The molecule has 0 spiro atoms. The molecular formula is C12H27NO2. The van der Waals surface area contributed by atoms with Crippen LogP contribution in [-0.2, 0) is 4.79 Å². The van der Waals surface area contributed by atoms with Gasteiger partial charge in [-0.15, -0.1) is 0 Å². The first-order valence-corrected chi connectivity index (χ1v) is 5.97. The van der Waals surface area contributed by atoms with Crippen molar-refractivity contribution in [1.29, 1.82) is 0 Å². The van der Waals surface area contributed by atoms with Crippen LogP contribution in [0.5, 0.6) is 0 Å². The van der Waals surface area contributed by atoms with E-state index < -0.39 is 5.97 Å². The van der Waals surface area contributed by atoms with Gasteiger partial charge in [-0.05, 0) is 25.9 Å². The van der Waals surface area contributed by atoms with E-state index in [1.165, 1.54) is 0 Å². The molecule has 0 aliphatic carbocycles. The van der Waals surface area contributed by atoms with Crippen molar-refractivity contribution >= 4 is 5.97 Å². The highest BCUT2D eigenvalue weighted by Gasteiger charge is 2.26. The Bertz CT molecular complexity index is 160. The van der Waals surface area contributed by atoms with Crippen molar-refractivity contribution in [2.24, 2.45) is 5.92 Å². The third kappa shape index (κ3) is 6.50. The lowest BCUT2D eigenvalue weighted by Gasteiger charge is -2.28. The van der Waals surface area contributed by atoms with Crippen LogP contribution >= 0.6 is 0 Å². The van der Waals surface area contributed by atoms with Crippen molar-refractivity contribution in [2.75, 3.05) is 13.6 Å². The summed E-state index contributed by atoms with van der Waals surface area (Å²) < 4.78 is 0. The van der Waals surface area contributed by atoms with Crippen molar-refractivity contribution in [3.05, 3.63) is 0 Å². The zero-order valence-corrected chi connectivity index (χ0v) is 11.1. The number of aliphatic carboxylic acids is 1. The Kier molecular flexibility index (Phi) is 11.2. The highest BCUT2D eigenvalue weighted by molar-refractivity contribution is 5.73. The van der Waals surface area contributed by atoms with Crippen molar-refractivity contribution in [3.8, 4) is 0 Å². The van der Waals surface area contributed by atoms with Gasteiger partial charge in [0.05, 0.1) is 0 Å². The Morgan fingerprint density at radius 3 is 2.07 bits per heavy atom. The maximum Gasteiger partial charge on any atom is 0.321 e. The average molecular weight is 217 g/mol. The van der Waals surface area contributed by atoms with Crippen LogP contribution in [0.25, 0.3) is 0 Å². The van der Waals surface area contributed by atoms with Gasteiger partial charge in [0.2, 0.25) is 0 Å². The molecule has 0 aromatic carbocycles. The summed E-state index contributed by atoms with van der Waals surface area (Å²) in [6, 6.07) is -0.329.